The van der Waals surface area contributed by atoms with E-state index >= 15 is 0 Å². The van der Waals surface area contributed by atoms with E-state index < -0.39 is 0 Å². The maximum Gasteiger partial charge on any atom is 0.157 e. The maximum atomic E-state index is 4.63. The van der Waals surface area contributed by atoms with E-state index in [9.17, 15) is 0 Å². The second kappa shape index (κ2) is 7.27. The highest BCUT2D eigenvalue weighted by molar-refractivity contribution is 8.14. The summed E-state index contributed by atoms with van der Waals surface area (Å²) in [5.74, 6) is 0.812. The summed E-state index contributed by atoms with van der Waals surface area (Å²) in [7, 11) is 4.21. The van der Waals surface area contributed by atoms with E-state index in [1.807, 2.05) is 11.8 Å². The molecule has 0 aromatic heterocycles. The fourth-order valence-electron chi connectivity index (χ4n) is 2.33. The molecule has 0 spiro atoms. The van der Waals surface area contributed by atoms with Gasteiger partial charge in [-0.05, 0) is 26.9 Å². The van der Waals surface area contributed by atoms with Crippen LogP contribution in [0.1, 0.15) is 33.6 Å². The minimum Gasteiger partial charge on any atom is -0.361 e. The van der Waals surface area contributed by atoms with Crippen molar-refractivity contribution in [2.24, 2.45) is 10.9 Å². The van der Waals surface area contributed by atoms with Gasteiger partial charge in [-0.3, -0.25) is 4.99 Å². The molecule has 100 valence electrons. The van der Waals surface area contributed by atoms with Gasteiger partial charge in [0.15, 0.2) is 5.17 Å². The number of aliphatic imine (C=N–C) groups is 1. The molecule has 2 unspecified atom stereocenters. The molecule has 1 rings (SSSR count). The highest BCUT2D eigenvalue weighted by atomic mass is 32.2. The Morgan fingerprint density at radius 2 is 2.06 bits per heavy atom. The molecule has 0 radical (unpaired) electrons. The second-order valence-electron chi connectivity index (χ2n) is 5.19. The minimum atomic E-state index is 0.469. The van der Waals surface area contributed by atoms with Crippen LogP contribution in [0.5, 0.6) is 0 Å². The van der Waals surface area contributed by atoms with Crippen LogP contribution in [-0.4, -0.2) is 48.5 Å². The molecule has 0 saturated heterocycles. The number of hydrogen-bond acceptors (Lipinski definition) is 4. The van der Waals surface area contributed by atoms with Gasteiger partial charge in [0.05, 0.1) is 6.54 Å². The predicted octanol–water partition coefficient (Wildman–Crippen LogP) is 2.43. The molecule has 17 heavy (non-hydrogen) atoms. The predicted molar refractivity (Wildman–Crippen MR) is 78.9 cm³/mol. The number of rotatable bonds is 6. The lowest BCUT2D eigenvalue weighted by Crippen LogP contribution is -2.38. The highest BCUT2D eigenvalue weighted by Crippen LogP contribution is 2.30. The van der Waals surface area contributed by atoms with Gasteiger partial charge in [0.1, 0.15) is 0 Å². The number of hydrogen-bond donors (Lipinski definition) is 1. The Morgan fingerprint density at radius 3 is 2.59 bits per heavy atom. The first-order valence-corrected chi connectivity index (χ1v) is 7.57. The fourth-order valence-corrected chi connectivity index (χ4v) is 3.77. The lowest BCUT2D eigenvalue weighted by Gasteiger charge is -2.21. The summed E-state index contributed by atoms with van der Waals surface area (Å²) >= 11 is 1.94. The van der Waals surface area contributed by atoms with Crippen molar-refractivity contribution in [3.8, 4) is 0 Å². The lowest BCUT2D eigenvalue weighted by atomic mass is 9.99. The zero-order chi connectivity index (χ0) is 12.8. The van der Waals surface area contributed by atoms with Crippen LogP contribution in [0.15, 0.2) is 4.99 Å². The van der Waals surface area contributed by atoms with Crippen molar-refractivity contribution >= 4 is 16.9 Å². The Morgan fingerprint density at radius 1 is 1.41 bits per heavy atom. The summed E-state index contributed by atoms with van der Waals surface area (Å²) in [6.07, 6.45) is 2.54. The SMILES string of the molecule is CCC(CC)C1CN=C(NC(C)CN(C)C)S1. The Labute approximate surface area is 110 Å². The average Bonchev–Trinajstić information content (AvgIpc) is 2.67. The van der Waals surface area contributed by atoms with Gasteiger partial charge in [0.25, 0.3) is 0 Å². The van der Waals surface area contributed by atoms with Gasteiger partial charge in [0.2, 0.25) is 0 Å². The number of amidine groups is 1. The third kappa shape index (κ3) is 4.88. The molecule has 1 aliphatic rings. The minimum absolute atomic E-state index is 0.469. The van der Waals surface area contributed by atoms with E-state index in [0.29, 0.717) is 11.3 Å². The fraction of sp³-hybridized carbons (Fsp3) is 0.923. The van der Waals surface area contributed by atoms with Gasteiger partial charge in [-0.1, -0.05) is 38.5 Å². The average molecular weight is 257 g/mol. The first kappa shape index (κ1) is 14.8. The molecule has 0 fully saturated rings. The molecule has 0 aromatic rings. The number of likely N-dealkylation sites (N-methyl/N-ethyl adjacent to an activating group) is 1. The third-order valence-corrected chi connectivity index (χ3v) is 4.57. The van der Waals surface area contributed by atoms with E-state index in [0.717, 1.165) is 24.2 Å². The molecule has 0 saturated carbocycles. The van der Waals surface area contributed by atoms with Crippen LogP contribution in [-0.2, 0) is 0 Å². The Balaban J connectivity index is 2.34. The van der Waals surface area contributed by atoms with Crippen molar-refractivity contribution in [1.29, 1.82) is 0 Å². The van der Waals surface area contributed by atoms with Gasteiger partial charge in [-0.25, -0.2) is 0 Å². The van der Waals surface area contributed by atoms with Gasteiger partial charge in [-0.2, -0.15) is 0 Å². The molecule has 0 amide bonds. The summed E-state index contributed by atoms with van der Waals surface area (Å²) < 4.78 is 0. The standard InChI is InChI=1S/C13H27N3S/c1-6-11(7-2)12-8-14-13(17-12)15-10(3)9-16(4)5/h10-12H,6-9H2,1-5H3,(H,14,15). The van der Waals surface area contributed by atoms with E-state index in [1.165, 1.54) is 12.8 Å². The van der Waals surface area contributed by atoms with Gasteiger partial charge < -0.3 is 10.2 Å². The van der Waals surface area contributed by atoms with E-state index in [2.05, 4.69) is 50.1 Å². The van der Waals surface area contributed by atoms with Crippen molar-refractivity contribution in [1.82, 2.24) is 10.2 Å². The summed E-state index contributed by atoms with van der Waals surface area (Å²) in [6, 6.07) is 0.469. The van der Waals surface area contributed by atoms with E-state index in [1.54, 1.807) is 0 Å². The Kier molecular flexibility index (Phi) is 6.34. The summed E-state index contributed by atoms with van der Waals surface area (Å²) in [6.45, 7) is 8.83. The molecule has 3 nitrogen and oxygen atoms in total. The zero-order valence-electron chi connectivity index (χ0n) is 11.9. The highest BCUT2D eigenvalue weighted by Gasteiger charge is 2.26. The molecule has 4 heteroatoms. The van der Waals surface area contributed by atoms with Crippen LogP contribution < -0.4 is 5.32 Å². The molecule has 0 aromatic carbocycles. The normalized spacial score (nSPS) is 22.1. The van der Waals surface area contributed by atoms with Gasteiger partial charge in [-0.15, -0.1) is 0 Å². The molecule has 1 aliphatic heterocycles. The summed E-state index contributed by atoms with van der Waals surface area (Å²) in [5, 5.41) is 5.36. The van der Waals surface area contributed by atoms with Crippen molar-refractivity contribution < 1.29 is 0 Å². The second-order valence-corrected chi connectivity index (χ2v) is 6.41. The third-order valence-electron chi connectivity index (χ3n) is 3.26. The van der Waals surface area contributed by atoms with Gasteiger partial charge in [0, 0.05) is 17.8 Å². The monoisotopic (exact) mass is 257 g/mol. The Bertz CT molecular complexity index is 249. The number of nitrogens with one attached hydrogen (secondary N) is 1. The quantitative estimate of drug-likeness (QED) is 0.792. The molecule has 1 heterocycles. The molecular weight excluding hydrogens is 230 g/mol. The summed E-state index contributed by atoms with van der Waals surface area (Å²) in [4.78, 5) is 6.84. The largest absolute Gasteiger partial charge is 0.361 e. The molecule has 2 atom stereocenters. The first-order chi connectivity index (χ1) is 8.06. The smallest absolute Gasteiger partial charge is 0.157 e. The van der Waals surface area contributed by atoms with Crippen molar-refractivity contribution in [3.05, 3.63) is 0 Å². The van der Waals surface area contributed by atoms with Crippen LogP contribution in [0.2, 0.25) is 0 Å². The molecular formula is C13H27N3S. The van der Waals surface area contributed by atoms with Crippen molar-refractivity contribution in [3.63, 3.8) is 0 Å². The van der Waals surface area contributed by atoms with E-state index in [-0.39, 0.29) is 0 Å². The number of thioether (sulfide) groups is 1. The maximum absolute atomic E-state index is 4.63. The molecule has 0 bridgehead atoms. The number of nitrogens with zero attached hydrogens (tertiary/aromatic N) is 2. The van der Waals surface area contributed by atoms with Crippen LogP contribution in [0.4, 0.5) is 0 Å². The lowest BCUT2D eigenvalue weighted by molar-refractivity contribution is 0.370. The van der Waals surface area contributed by atoms with Crippen LogP contribution >= 0.6 is 11.8 Å². The summed E-state index contributed by atoms with van der Waals surface area (Å²) in [5.41, 5.74) is 0. The zero-order valence-corrected chi connectivity index (χ0v) is 12.7. The Hall–Kier alpha value is -0.220. The van der Waals surface area contributed by atoms with E-state index in [4.69, 9.17) is 0 Å². The van der Waals surface area contributed by atoms with Crippen molar-refractivity contribution in [2.45, 2.75) is 44.9 Å². The molecule has 1 N–H and O–H groups in total. The van der Waals surface area contributed by atoms with Crippen LogP contribution in [0, 0.1) is 5.92 Å². The topological polar surface area (TPSA) is 27.6 Å². The van der Waals surface area contributed by atoms with Crippen molar-refractivity contribution in [2.75, 3.05) is 27.2 Å². The van der Waals surface area contributed by atoms with Crippen LogP contribution in [0.3, 0.4) is 0 Å². The first-order valence-electron chi connectivity index (χ1n) is 6.69. The van der Waals surface area contributed by atoms with Crippen LogP contribution in [0.25, 0.3) is 0 Å². The molecule has 0 aliphatic carbocycles. The van der Waals surface area contributed by atoms with Gasteiger partial charge >= 0.3 is 0 Å².